The lowest BCUT2D eigenvalue weighted by atomic mass is 10.0. The minimum Gasteiger partial charge on any atom is -0.497 e. The number of carbonyl (C=O) groups is 1. The van der Waals surface area contributed by atoms with E-state index in [0.717, 1.165) is 0 Å². The topological polar surface area (TPSA) is 84.2 Å². The lowest BCUT2D eigenvalue weighted by molar-refractivity contribution is -0.157. The van der Waals surface area contributed by atoms with Gasteiger partial charge in [-0.05, 0) is 57.2 Å². The van der Waals surface area contributed by atoms with E-state index in [2.05, 4.69) is 0 Å². The molecule has 0 bridgehead atoms. The van der Waals surface area contributed by atoms with Gasteiger partial charge in [0, 0.05) is 17.0 Å². The Hall–Kier alpha value is -3.48. The van der Waals surface area contributed by atoms with Gasteiger partial charge in [0.25, 0.3) is 0 Å². The summed E-state index contributed by atoms with van der Waals surface area (Å²) in [4.78, 5) is 24.5. The Kier molecular flexibility index (Phi) is 6.01. The van der Waals surface area contributed by atoms with Crippen molar-refractivity contribution in [2.24, 2.45) is 0 Å². The molecule has 2 aromatic carbocycles. The van der Waals surface area contributed by atoms with Gasteiger partial charge in [0.15, 0.2) is 6.61 Å². The zero-order chi connectivity index (χ0) is 21.9. The molecule has 0 spiro atoms. The van der Waals surface area contributed by atoms with Crippen molar-refractivity contribution in [1.82, 2.24) is 0 Å². The summed E-state index contributed by atoms with van der Waals surface area (Å²) in [7, 11) is 3.08. The third-order valence-corrected chi connectivity index (χ3v) is 4.18. The van der Waals surface area contributed by atoms with Crippen LogP contribution in [0.5, 0.6) is 17.2 Å². The lowest BCUT2D eigenvalue weighted by Crippen LogP contribution is -2.27. The Labute approximate surface area is 174 Å². The standard InChI is InChI=1S/C23H24O7/c1-23(2,3)30-21(24)13-28-16-7-6-14-10-18(22(25)29-20(14)12-16)17-11-15(26-4)8-9-19(17)27-5/h6-12H,13H2,1-5H3. The first-order valence-electron chi connectivity index (χ1n) is 9.35. The Morgan fingerprint density at radius 3 is 2.33 bits per heavy atom. The van der Waals surface area contributed by atoms with Crippen molar-refractivity contribution in [2.75, 3.05) is 20.8 Å². The molecule has 0 saturated carbocycles. The Balaban J connectivity index is 1.90. The maximum absolute atomic E-state index is 12.7. The molecule has 0 aliphatic heterocycles. The van der Waals surface area contributed by atoms with Crippen LogP contribution in [0.1, 0.15) is 20.8 Å². The quantitative estimate of drug-likeness (QED) is 0.443. The molecule has 1 heterocycles. The third-order valence-electron chi connectivity index (χ3n) is 4.18. The van der Waals surface area contributed by atoms with Crippen LogP contribution in [-0.2, 0) is 9.53 Å². The predicted molar refractivity (Wildman–Crippen MR) is 112 cm³/mol. The van der Waals surface area contributed by atoms with E-state index >= 15 is 0 Å². The Morgan fingerprint density at radius 2 is 1.67 bits per heavy atom. The van der Waals surface area contributed by atoms with Crippen molar-refractivity contribution >= 4 is 16.9 Å². The van der Waals surface area contributed by atoms with E-state index in [0.29, 0.717) is 39.3 Å². The highest BCUT2D eigenvalue weighted by atomic mass is 16.6. The molecule has 7 heteroatoms. The zero-order valence-electron chi connectivity index (χ0n) is 17.6. The number of hydrogen-bond acceptors (Lipinski definition) is 7. The summed E-state index contributed by atoms with van der Waals surface area (Å²) < 4.78 is 26.8. The van der Waals surface area contributed by atoms with Crippen molar-refractivity contribution < 1.29 is 28.2 Å². The second kappa shape index (κ2) is 8.49. The number of ether oxygens (including phenoxy) is 4. The van der Waals surface area contributed by atoms with Gasteiger partial charge in [0.2, 0.25) is 0 Å². The summed E-state index contributed by atoms with van der Waals surface area (Å²) in [5.74, 6) is 1.03. The highest BCUT2D eigenvalue weighted by molar-refractivity contribution is 5.84. The molecule has 1 aromatic heterocycles. The normalized spacial score (nSPS) is 11.2. The maximum Gasteiger partial charge on any atom is 0.344 e. The monoisotopic (exact) mass is 412 g/mol. The minimum absolute atomic E-state index is 0.244. The molecule has 0 fully saturated rings. The number of methoxy groups -OCH3 is 2. The number of esters is 1. The van der Waals surface area contributed by atoms with Gasteiger partial charge in [-0.2, -0.15) is 0 Å². The highest BCUT2D eigenvalue weighted by Gasteiger charge is 2.17. The van der Waals surface area contributed by atoms with Crippen LogP contribution in [-0.4, -0.2) is 32.4 Å². The summed E-state index contributed by atoms with van der Waals surface area (Å²) in [5.41, 5.74) is 0.137. The van der Waals surface area contributed by atoms with E-state index in [1.54, 1.807) is 70.3 Å². The molecule has 0 radical (unpaired) electrons. The second-order valence-electron chi connectivity index (χ2n) is 7.59. The van der Waals surface area contributed by atoms with Crippen molar-refractivity contribution in [3.8, 4) is 28.4 Å². The summed E-state index contributed by atoms with van der Waals surface area (Å²) >= 11 is 0. The lowest BCUT2D eigenvalue weighted by Gasteiger charge is -2.19. The van der Waals surface area contributed by atoms with Gasteiger partial charge in [-0.15, -0.1) is 0 Å². The maximum atomic E-state index is 12.7. The molecule has 30 heavy (non-hydrogen) atoms. The number of carbonyl (C=O) groups excluding carboxylic acids is 1. The number of benzene rings is 2. The van der Waals surface area contributed by atoms with Crippen LogP contribution in [0.15, 0.2) is 51.7 Å². The summed E-state index contributed by atoms with van der Waals surface area (Å²) in [6, 6.07) is 11.9. The van der Waals surface area contributed by atoms with Crippen LogP contribution in [0.2, 0.25) is 0 Å². The molecule has 0 atom stereocenters. The van der Waals surface area contributed by atoms with Crippen LogP contribution in [0.4, 0.5) is 0 Å². The van der Waals surface area contributed by atoms with Crippen LogP contribution < -0.4 is 19.8 Å². The SMILES string of the molecule is COc1ccc(OC)c(-c2cc3ccc(OCC(=O)OC(C)(C)C)cc3oc2=O)c1. The largest absolute Gasteiger partial charge is 0.497 e. The van der Waals surface area contributed by atoms with Crippen molar-refractivity contribution in [3.05, 3.63) is 52.9 Å². The molecule has 0 aliphatic carbocycles. The highest BCUT2D eigenvalue weighted by Crippen LogP contribution is 2.33. The van der Waals surface area contributed by atoms with Crippen LogP contribution in [0.25, 0.3) is 22.1 Å². The van der Waals surface area contributed by atoms with Crippen molar-refractivity contribution in [3.63, 3.8) is 0 Å². The Bertz CT molecular complexity index is 1120. The van der Waals surface area contributed by atoms with Crippen LogP contribution in [0.3, 0.4) is 0 Å². The van der Waals surface area contributed by atoms with Crippen LogP contribution in [0, 0.1) is 0 Å². The fraction of sp³-hybridized carbons (Fsp3) is 0.304. The molecule has 0 aliphatic rings. The van der Waals surface area contributed by atoms with Gasteiger partial charge < -0.3 is 23.4 Å². The molecular weight excluding hydrogens is 388 g/mol. The molecule has 0 saturated heterocycles. The van der Waals surface area contributed by atoms with Crippen molar-refractivity contribution in [1.29, 1.82) is 0 Å². The molecule has 7 nitrogen and oxygen atoms in total. The van der Waals surface area contributed by atoms with E-state index in [1.807, 2.05) is 0 Å². The number of hydrogen-bond donors (Lipinski definition) is 0. The van der Waals surface area contributed by atoms with Gasteiger partial charge >= 0.3 is 11.6 Å². The fourth-order valence-electron chi connectivity index (χ4n) is 2.91. The average Bonchev–Trinajstić information content (AvgIpc) is 2.69. The predicted octanol–water partition coefficient (Wildman–Crippen LogP) is 4.20. The van der Waals surface area contributed by atoms with Gasteiger partial charge in [0.05, 0.1) is 19.8 Å². The summed E-state index contributed by atoms with van der Waals surface area (Å²) in [6.45, 7) is 5.10. The molecule has 158 valence electrons. The number of rotatable bonds is 6. The summed E-state index contributed by atoms with van der Waals surface area (Å²) in [5, 5.41) is 0.694. The first-order chi connectivity index (χ1) is 14.2. The Morgan fingerprint density at radius 1 is 0.933 bits per heavy atom. The van der Waals surface area contributed by atoms with Gasteiger partial charge in [-0.25, -0.2) is 9.59 Å². The fourth-order valence-corrected chi connectivity index (χ4v) is 2.91. The second-order valence-corrected chi connectivity index (χ2v) is 7.59. The van der Waals surface area contributed by atoms with Crippen molar-refractivity contribution in [2.45, 2.75) is 26.4 Å². The van der Waals surface area contributed by atoms with E-state index in [1.165, 1.54) is 7.11 Å². The zero-order valence-corrected chi connectivity index (χ0v) is 17.6. The van der Waals surface area contributed by atoms with Gasteiger partial charge in [-0.1, -0.05) is 0 Å². The molecule has 0 amide bonds. The first-order valence-corrected chi connectivity index (χ1v) is 9.35. The molecular formula is C23H24O7. The molecule has 0 unspecified atom stereocenters. The van der Waals surface area contributed by atoms with E-state index < -0.39 is 17.2 Å². The number of fused-ring (bicyclic) bond motifs is 1. The van der Waals surface area contributed by atoms with E-state index in [4.69, 9.17) is 23.4 Å². The van der Waals surface area contributed by atoms with Gasteiger partial charge in [0.1, 0.15) is 28.4 Å². The van der Waals surface area contributed by atoms with Crippen LogP contribution >= 0.6 is 0 Å². The average molecular weight is 412 g/mol. The molecule has 3 aromatic rings. The minimum atomic E-state index is -0.589. The van der Waals surface area contributed by atoms with E-state index in [9.17, 15) is 9.59 Å². The first kappa shape index (κ1) is 21.2. The van der Waals surface area contributed by atoms with Gasteiger partial charge in [-0.3, -0.25) is 0 Å². The molecule has 3 rings (SSSR count). The summed E-state index contributed by atoms with van der Waals surface area (Å²) in [6.07, 6.45) is 0. The molecule has 0 N–H and O–H groups in total. The smallest absolute Gasteiger partial charge is 0.344 e. The third kappa shape index (κ3) is 4.92. The van der Waals surface area contributed by atoms with E-state index in [-0.39, 0.29) is 6.61 Å².